The van der Waals surface area contributed by atoms with Crippen LogP contribution in [-0.2, 0) is 6.54 Å². The van der Waals surface area contributed by atoms with E-state index < -0.39 is 0 Å². The van der Waals surface area contributed by atoms with Crippen molar-refractivity contribution in [3.8, 4) is 11.5 Å². The molecule has 0 aliphatic heterocycles. The molecule has 94 valence electrons. The highest BCUT2D eigenvalue weighted by Crippen LogP contribution is 2.21. The molecule has 1 aliphatic carbocycles. The molecule has 0 radical (unpaired) electrons. The van der Waals surface area contributed by atoms with Crippen molar-refractivity contribution in [2.24, 2.45) is 0 Å². The monoisotopic (exact) mass is 245 g/mol. The standard InChI is InChI=1S/C12H15N5O/c1-7-5-10(8(2)16-15-7)12-14-11(17-18-12)6-13-9-3-4-9/h5,9,13H,3-4,6H2,1-2H3. The Balaban J connectivity index is 1.80. The highest BCUT2D eigenvalue weighted by Gasteiger charge is 2.21. The van der Waals surface area contributed by atoms with E-state index in [-0.39, 0.29) is 0 Å². The molecule has 1 aliphatic rings. The lowest BCUT2D eigenvalue weighted by molar-refractivity contribution is 0.418. The normalized spacial score (nSPS) is 15.0. The first-order chi connectivity index (χ1) is 8.72. The molecule has 2 aromatic rings. The number of aryl methyl sites for hydroxylation is 2. The lowest BCUT2D eigenvalue weighted by Crippen LogP contribution is -2.16. The molecule has 0 atom stereocenters. The molecule has 0 amide bonds. The van der Waals surface area contributed by atoms with E-state index in [0.29, 0.717) is 24.3 Å². The summed E-state index contributed by atoms with van der Waals surface area (Å²) in [5, 5.41) is 15.4. The number of hydrogen-bond donors (Lipinski definition) is 1. The Morgan fingerprint density at radius 1 is 1.33 bits per heavy atom. The first kappa shape index (κ1) is 11.3. The topological polar surface area (TPSA) is 76.7 Å². The molecular weight excluding hydrogens is 230 g/mol. The minimum atomic E-state index is 0.512. The van der Waals surface area contributed by atoms with Crippen LogP contribution >= 0.6 is 0 Å². The van der Waals surface area contributed by atoms with Gasteiger partial charge in [0.25, 0.3) is 5.89 Å². The highest BCUT2D eigenvalue weighted by atomic mass is 16.5. The van der Waals surface area contributed by atoms with Gasteiger partial charge in [-0.05, 0) is 32.8 Å². The summed E-state index contributed by atoms with van der Waals surface area (Å²) in [4.78, 5) is 4.37. The quantitative estimate of drug-likeness (QED) is 0.877. The van der Waals surface area contributed by atoms with Crippen LogP contribution in [0.15, 0.2) is 10.6 Å². The largest absolute Gasteiger partial charge is 0.334 e. The van der Waals surface area contributed by atoms with E-state index in [1.54, 1.807) is 0 Å². The highest BCUT2D eigenvalue weighted by molar-refractivity contribution is 5.55. The molecule has 0 unspecified atom stereocenters. The number of hydrogen-bond acceptors (Lipinski definition) is 6. The molecule has 18 heavy (non-hydrogen) atoms. The Bertz CT molecular complexity index is 561. The average Bonchev–Trinajstić information content (AvgIpc) is 3.08. The third kappa shape index (κ3) is 2.38. The smallest absolute Gasteiger partial charge is 0.259 e. The van der Waals surface area contributed by atoms with Gasteiger partial charge in [-0.25, -0.2) is 0 Å². The van der Waals surface area contributed by atoms with E-state index in [9.17, 15) is 0 Å². The van der Waals surface area contributed by atoms with Crippen molar-refractivity contribution in [2.75, 3.05) is 0 Å². The van der Waals surface area contributed by atoms with Crippen molar-refractivity contribution < 1.29 is 4.52 Å². The zero-order valence-corrected chi connectivity index (χ0v) is 10.5. The fraction of sp³-hybridized carbons (Fsp3) is 0.500. The van der Waals surface area contributed by atoms with Gasteiger partial charge in [-0.3, -0.25) is 0 Å². The van der Waals surface area contributed by atoms with Crippen LogP contribution in [0.3, 0.4) is 0 Å². The van der Waals surface area contributed by atoms with Crippen molar-refractivity contribution in [3.63, 3.8) is 0 Å². The molecule has 0 spiro atoms. The minimum Gasteiger partial charge on any atom is -0.334 e. The Morgan fingerprint density at radius 3 is 2.94 bits per heavy atom. The molecule has 0 saturated heterocycles. The van der Waals surface area contributed by atoms with Gasteiger partial charge < -0.3 is 9.84 Å². The van der Waals surface area contributed by atoms with Crippen LogP contribution in [0.2, 0.25) is 0 Å². The number of nitrogens with one attached hydrogen (secondary N) is 1. The van der Waals surface area contributed by atoms with E-state index in [2.05, 4.69) is 25.7 Å². The third-order valence-corrected chi connectivity index (χ3v) is 2.93. The third-order valence-electron chi connectivity index (χ3n) is 2.93. The van der Waals surface area contributed by atoms with E-state index in [0.717, 1.165) is 17.0 Å². The van der Waals surface area contributed by atoms with E-state index in [1.165, 1.54) is 12.8 Å². The number of aromatic nitrogens is 4. The Kier molecular flexibility index (Phi) is 2.79. The van der Waals surface area contributed by atoms with Gasteiger partial charge in [-0.1, -0.05) is 5.16 Å². The van der Waals surface area contributed by atoms with E-state index in [4.69, 9.17) is 4.52 Å². The predicted octanol–water partition coefficient (Wildman–Crippen LogP) is 1.40. The molecule has 2 heterocycles. The summed E-state index contributed by atoms with van der Waals surface area (Å²) in [6.45, 7) is 4.43. The van der Waals surface area contributed by atoms with Crippen molar-refractivity contribution in [1.82, 2.24) is 25.7 Å². The molecule has 2 aromatic heterocycles. The maximum atomic E-state index is 5.27. The summed E-state index contributed by atoms with van der Waals surface area (Å²) in [5.74, 6) is 1.20. The van der Waals surface area contributed by atoms with Gasteiger partial charge in [0.05, 0.1) is 23.5 Å². The van der Waals surface area contributed by atoms with E-state index >= 15 is 0 Å². The maximum Gasteiger partial charge on any atom is 0.259 e. The van der Waals surface area contributed by atoms with Crippen LogP contribution < -0.4 is 5.32 Å². The van der Waals surface area contributed by atoms with E-state index in [1.807, 2.05) is 19.9 Å². The summed E-state index contributed by atoms with van der Waals surface area (Å²) in [6.07, 6.45) is 2.49. The van der Waals surface area contributed by atoms with Gasteiger partial charge >= 0.3 is 0 Å². The molecule has 0 bridgehead atoms. The van der Waals surface area contributed by atoms with Crippen LogP contribution in [0.4, 0.5) is 0 Å². The zero-order valence-electron chi connectivity index (χ0n) is 10.5. The van der Waals surface area contributed by atoms with Gasteiger partial charge in [-0.15, -0.1) is 0 Å². The zero-order chi connectivity index (χ0) is 12.5. The van der Waals surface area contributed by atoms with Crippen LogP contribution in [0.25, 0.3) is 11.5 Å². The second-order valence-electron chi connectivity index (χ2n) is 4.66. The SMILES string of the molecule is Cc1cc(-c2nc(CNC3CC3)no2)c(C)nn1. The molecular formula is C12H15N5O. The Labute approximate surface area is 105 Å². The van der Waals surface area contributed by atoms with Crippen molar-refractivity contribution >= 4 is 0 Å². The first-order valence-electron chi connectivity index (χ1n) is 6.09. The Morgan fingerprint density at radius 2 is 2.17 bits per heavy atom. The Hall–Kier alpha value is -1.82. The second kappa shape index (κ2) is 4.45. The molecule has 6 nitrogen and oxygen atoms in total. The van der Waals surface area contributed by atoms with Crippen molar-refractivity contribution in [3.05, 3.63) is 23.3 Å². The fourth-order valence-electron chi connectivity index (χ4n) is 1.72. The minimum absolute atomic E-state index is 0.512. The maximum absolute atomic E-state index is 5.27. The lowest BCUT2D eigenvalue weighted by atomic mass is 10.2. The van der Waals surface area contributed by atoms with Gasteiger partial charge in [0, 0.05) is 6.04 Å². The fourth-order valence-corrected chi connectivity index (χ4v) is 1.72. The molecule has 0 aromatic carbocycles. The summed E-state index contributed by atoms with van der Waals surface area (Å²) in [6, 6.07) is 2.55. The van der Waals surface area contributed by atoms with Gasteiger partial charge in [-0.2, -0.15) is 15.2 Å². The lowest BCUT2D eigenvalue weighted by Gasteiger charge is -1.99. The second-order valence-corrected chi connectivity index (χ2v) is 4.66. The first-order valence-corrected chi connectivity index (χ1v) is 6.09. The predicted molar refractivity (Wildman–Crippen MR) is 64.7 cm³/mol. The number of rotatable bonds is 4. The van der Waals surface area contributed by atoms with Gasteiger partial charge in [0.15, 0.2) is 5.82 Å². The number of nitrogens with zero attached hydrogens (tertiary/aromatic N) is 4. The van der Waals surface area contributed by atoms with Crippen LogP contribution in [0.1, 0.15) is 30.1 Å². The van der Waals surface area contributed by atoms with Gasteiger partial charge in [0.1, 0.15) is 0 Å². The summed E-state index contributed by atoms with van der Waals surface area (Å²) in [7, 11) is 0. The van der Waals surface area contributed by atoms with Crippen molar-refractivity contribution in [1.29, 1.82) is 0 Å². The van der Waals surface area contributed by atoms with Gasteiger partial charge in [0.2, 0.25) is 0 Å². The van der Waals surface area contributed by atoms with Crippen LogP contribution in [0.5, 0.6) is 0 Å². The summed E-state index contributed by atoms with van der Waals surface area (Å²) in [5.41, 5.74) is 2.49. The van der Waals surface area contributed by atoms with Crippen LogP contribution in [-0.4, -0.2) is 26.4 Å². The molecule has 1 saturated carbocycles. The molecule has 6 heteroatoms. The van der Waals surface area contributed by atoms with Crippen molar-refractivity contribution in [2.45, 2.75) is 39.3 Å². The molecule has 1 N–H and O–H groups in total. The molecule has 3 rings (SSSR count). The summed E-state index contributed by atoms with van der Waals surface area (Å²) >= 11 is 0. The average molecular weight is 245 g/mol. The molecule has 1 fully saturated rings. The van der Waals surface area contributed by atoms with Crippen LogP contribution in [0, 0.1) is 13.8 Å². The summed E-state index contributed by atoms with van der Waals surface area (Å²) < 4.78 is 5.27.